The molecule has 0 aliphatic carbocycles. The second-order valence-corrected chi connectivity index (χ2v) is 4.84. The minimum Gasteiger partial charge on any atom is -0.496 e. The maximum Gasteiger partial charge on any atom is 0.419 e. The molecule has 118 valence electrons. The Bertz CT molecular complexity index is 699. The Balaban J connectivity index is 2.37. The van der Waals surface area contributed by atoms with Crippen molar-refractivity contribution in [3.05, 3.63) is 34.5 Å². The molecule has 0 fully saturated rings. The number of anilines is 2. The summed E-state index contributed by atoms with van der Waals surface area (Å²) < 4.78 is 57.3. The topological polar surface area (TPSA) is 72.5 Å². The Kier molecular flexibility index (Phi) is 4.50. The Labute approximate surface area is 126 Å². The van der Waals surface area contributed by atoms with E-state index in [9.17, 15) is 17.6 Å². The highest BCUT2D eigenvalue weighted by molar-refractivity contribution is 7.14. The molecule has 0 aliphatic rings. The van der Waals surface area contributed by atoms with E-state index in [-0.39, 0.29) is 16.7 Å². The summed E-state index contributed by atoms with van der Waals surface area (Å²) in [5, 5.41) is 5.44. The van der Waals surface area contributed by atoms with Crippen molar-refractivity contribution in [2.45, 2.75) is 6.18 Å². The lowest BCUT2D eigenvalue weighted by atomic mass is 10.1. The summed E-state index contributed by atoms with van der Waals surface area (Å²) in [6, 6.07) is 1.78. The fourth-order valence-corrected chi connectivity index (χ4v) is 2.21. The van der Waals surface area contributed by atoms with Crippen LogP contribution in [-0.2, 0) is 6.18 Å². The third kappa shape index (κ3) is 3.45. The molecule has 0 atom stereocenters. The van der Waals surface area contributed by atoms with Crippen molar-refractivity contribution in [2.24, 2.45) is 5.10 Å². The van der Waals surface area contributed by atoms with Gasteiger partial charge in [0.05, 0.1) is 18.9 Å². The van der Waals surface area contributed by atoms with Crippen LogP contribution in [0.5, 0.6) is 5.75 Å². The van der Waals surface area contributed by atoms with Gasteiger partial charge in [-0.15, -0.1) is 11.3 Å². The largest absolute Gasteiger partial charge is 0.496 e. The lowest BCUT2D eigenvalue weighted by Crippen LogP contribution is -2.13. The number of nitrogen functional groups attached to an aromatic ring is 1. The summed E-state index contributed by atoms with van der Waals surface area (Å²) in [6.07, 6.45) is -4.06. The third-order valence-corrected chi connectivity index (χ3v) is 3.30. The van der Waals surface area contributed by atoms with E-state index in [1.165, 1.54) is 12.5 Å². The van der Waals surface area contributed by atoms with E-state index < -0.39 is 23.1 Å². The van der Waals surface area contributed by atoms with Crippen LogP contribution in [0.15, 0.2) is 22.6 Å². The van der Waals surface area contributed by atoms with Crippen molar-refractivity contribution in [3.8, 4) is 5.75 Å². The molecule has 0 spiro atoms. The van der Waals surface area contributed by atoms with Gasteiger partial charge in [-0.2, -0.15) is 18.3 Å². The minimum absolute atomic E-state index is 0.155. The number of hydrazone groups is 1. The number of halogens is 4. The average Bonchev–Trinajstić information content (AvgIpc) is 2.83. The molecule has 0 bridgehead atoms. The van der Waals surface area contributed by atoms with E-state index in [0.717, 1.165) is 23.6 Å². The van der Waals surface area contributed by atoms with Crippen LogP contribution in [0, 0.1) is 5.82 Å². The fraction of sp³-hybridized carbons (Fsp3) is 0.167. The molecular weight excluding hydrogens is 324 g/mol. The van der Waals surface area contributed by atoms with Crippen LogP contribution in [0.4, 0.5) is 28.5 Å². The number of aromatic nitrogens is 1. The number of ether oxygens (including phenoxy) is 1. The van der Waals surface area contributed by atoms with Gasteiger partial charge in [-0.1, -0.05) is 0 Å². The fourth-order valence-electron chi connectivity index (χ4n) is 1.66. The van der Waals surface area contributed by atoms with Gasteiger partial charge in [0.1, 0.15) is 22.9 Å². The highest BCUT2D eigenvalue weighted by atomic mass is 32.1. The van der Waals surface area contributed by atoms with Gasteiger partial charge in [-0.25, -0.2) is 9.37 Å². The van der Waals surface area contributed by atoms with Gasteiger partial charge in [0.2, 0.25) is 5.13 Å². The molecular formula is C12H10F4N4OS. The molecule has 10 heteroatoms. The highest BCUT2D eigenvalue weighted by Crippen LogP contribution is 2.37. The SMILES string of the molecule is COc1ccc(F)c(C(F)(F)F)c1C=NNc1nc(N)cs1. The Morgan fingerprint density at radius 1 is 1.41 bits per heavy atom. The number of methoxy groups -OCH3 is 1. The van der Waals surface area contributed by atoms with E-state index >= 15 is 0 Å². The second kappa shape index (κ2) is 6.18. The van der Waals surface area contributed by atoms with Gasteiger partial charge in [0.15, 0.2) is 0 Å². The number of thiazole rings is 1. The van der Waals surface area contributed by atoms with E-state index in [4.69, 9.17) is 10.5 Å². The van der Waals surface area contributed by atoms with E-state index in [0.29, 0.717) is 6.07 Å². The zero-order chi connectivity index (χ0) is 16.3. The molecule has 0 aliphatic heterocycles. The van der Waals surface area contributed by atoms with E-state index in [1.807, 2.05) is 0 Å². The Morgan fingerprint density at radius 2 is 2.14 bits per heavy atom. The molecule has 2 aromatic rings. The zero-order valence-electron chi connectivity index (χ0n) is 11.1. The van der Waals surface area contributed by atoms with Gasteiger partial charge in [-0.3, -0.25) is 5.43 Å². The van der Waals surface area contributed by atoms with Gasteiger partial charge < -0.3 is 10.5 Å². The third-order valence-electron chi connectivity index (χ3n) is 2.53. The quantitative estimate of drug-likeness (QED) is 0.511. The monoisotopic (exact) mass is 334 g/mol. The summed E-state index contributed by atoms with van der Waals surface area (Å²) in [6.45, 7) is 0. The van der Waals surface area contributed by atoms with Crippen LogP contribution in [0.1, 0.15) is 11.1 Å². The number of nitrogens with zero attached hydrogens (tertiary/aromatic N) is 2. The molecule has 3 N–H and O–H groups in total. The maximum atomic E-state index is 13.5. The van der Waals surface area contributed by atoms with Crippen LogP contribution >= 0.6 is 11.3 Å². The van der Waals surface area contributed by atoms with Gasteiger partial charge in [0.25, 0.3) is 0 Å². The predicted octanol–water partition coefficient (Wildman–Crippen LogP) is 3.34. The zero-order valence-corrected chi connectivity index (χ0v) is 11.9. The first kappa shape index (κ1) is 16.0. The summed E-state index contributed by atoms with van der Waals surface area (Å²) >= 11 is 1.12. The normalized spacial score (nSPS) is 11.9. The summed E-state index contributed by atoms with van der Waals surface area (Å²) in [5.41, 5.74) is 5.84. The first-order valence-corrected chi connectivity index (χ1v) is 6.64. The maximum absolute atomic E-state index is 13.5. The van der Waals surface area contributed by atoms with Crippen LogP contribution in [0.25, 0.3) is 0 Å². The van der Waals surface area contributed by atoms with Crippen molar-refractivity contribution < 1.29 is 22.3 Å². The van der Waals surface area contributed by atoms with E-state index in [2.05, 4.69) is 15.5 Å². The molecule has 5 nitrogen and oxygen atoms in total. The van der Waals surface area contributed by atoms with Crippen LogP contribution in [0.3, 0.4) is 0 Å². The summed E-state index contributed by atoms with van der Waals surface area (Å²) in [4.78, 5) is 3.82. The molecule has 22 heavy (non-hydrogen) atoms. The number of nitrogens with one attached hydrogen (secondary N) is 1. The van der Waals surface area contributed by atoms with Crippen LogP contribution in [0.2, 0.25) is 0 Å². The number of alkyl halides is 3. The van der Waals surface area contributed by atoms with Crippen molar-refractivity contribution in [3.63, 3.8) is 0 Å². The van der Waals surface area contributed by atoms with Gasteiger partial charge in [-0.05, 0) is 12.1 Å². The van der Waals surface area contributed by atoms with Crippen LogP contribution < -0.4 is 15.9 Å². The molecule has 1 aromatic heterocycles. The number of benzene rings is 1. The molecule has 0 unspecified atom stereocenters. The number of rotatable bonds is 4. The average molecular weight is 334 g/mol. The van der Waals surface area contributed by atoms with Crippen molar-refractivity contribution in [1.29, 1.82) is 0 Å². The smallest absolute Gasteiger partial charge is 0.419 e. The van der Waals surface area contributed by atoms with Gasteiger partial charge >= 0.3 is 6.18 Å². The Morgan fingerprint density at radius 3 is 2.68 bits per heavy atom. The lowest BCUT2D eigenvalue weighted by Gasteiger charge is -2.14. The van der Waals surface area contributed by atoms with Gasteiger partial charge in [0, 0.05) is 5.38 Å². The molecule has 1 aromatic carbocycles. The standard InChI is InChI=1S/C12H10F4N4OS/c1-21-8-3-2-7(13)10(12(14,15)16)6(8)4-18-20-11-19-9(17)5-22-11/h2-5H,17H2,1H3,(H,19,20). The molecule has 0 radical (unpaired) electrons. The molecule has 0 saturated heterocycles. The Hall–Kier alpha value is -2.36. The molecule has 2 rings (SSSR count). The van der Waals surface area contributed by atoms with Crippen LogP contribution in [-0.4, -0.2) is 18.3 Å². The van der Waals surface area contributed by atoms with Crippen molar-refractivity contribution in [2.75, 3.05) is 18.3 Å². The number of nitrogens with two attached hydrogens (primary N) is 1. The lowest BCUT2D eigenvalue weighted by molar-refractivity contribution is -0.140. The van der Waals surface area contributed by atoms with Crippen molar-refractivity contribution in [1.82, 2.24) is 4.98 Å². The number of hydrogen-bond acceptors (Lipinski definition) is 6. The summed E-state index contributed by atoms with van der Waals surface area (Å²) in [7, 11) is 1.18. The second-order valence-electron chi connectivity index (χ2n) is 3.98. The molecule has 1 heterocycles. The highest BCUT2D eigenvalue weighted by Gasteiger charge is 2.38. The predicted molar refractivity (Wildman–Crippen MR) is 75.7 cm³/mol. The number of hydrogen-bond donors (Lipinski definition) is 2. The molecule has 0 saturated carbocycles. The van der Waals surface area contributed by atoms with Crippen molar-refractivity contribution >= 4 is 28.5 Å². The summed E-state index contributed by atoms with van der Waals surface area (Å²) in [5.74, 6) is -1.31. The first-order valence-electron chi connectivity index (χ1n) is 5.76. The van der Waals surface area contributed by atoms with E-state index in [1.54, 1.807) is 0 Å². The molecule has 0 amide bonds. The minimum atomic E-state index is -4.88. The first-order chi connectivity index (χ1) is 10.3.